The summed E-state index contributed by atoms with van der Waals surface area (Å²) in [5.41, 5.74) is 2.25. The van der Waals surface area contributed by atoms with Crippen LogP contribution in [0.25, 0.3) is 11.3 Å². The zero-order valence-corrected chi connectivity index (χ0v) is 14.8. The van der Waals surface area contributed by atoms with Gasteiger partial charge in [0.05, 0.1) is 11.7 Å². The van der Waals surface area contributed by atoms with E-state index in [1.54, 1.807) is 13.0 Å². The van der Waals surface area contributed by atoms with Crippen molar-refractivity contribution in [3.8, 4) is 11.3 Å². The highest BCUT2D eigenvalue weighted by molar-refractivity contribution is 5.80. The average Bonchev–Trinajstić information content (AvgIpc) is 2.69. The predicted octanol–water partition coefficient (Wildman–Crippen LogP) is 3.35. The Bertz CT molecular complexity index is 936. The summed E-state index contributed by atoms with van der Waals surface area (Å²) in [6, 6.07) is 21.5. The van der Waals surface area contributed by atoms with Crippen LogP contribution in [0.1, 0.15) is 31.5 Å². The van der Waals surface area contributed by atoms with E-state index in [4.69, 9.17) is 0 Å². The number of amides is 1. The van der Waals surface area contributed by atoms with E-state index >= 15 is 0 Å². The fourth-order valence-electron chi connectivity index (χ4n) is 2.74. The van der Waals surface area contributed by atoms with Gasteiger partial charge in [-0.25, -0.2) is 4.68 Å². The normalized spacial score (nSPS) is 13.0. The molecule has 26 heavy (non-hydrogen) atoms. The van der Waals surface area contributed by atoms with Crippen molar-refractivity contribution in [3.05, 3.63) is 88.7 Å². The largest absolute Gasteiger partial charge is 0.348 e. The maximum absolute atomic E-state index is 12.6. The highest BCUT2D eigenvalue weighted by Gasteiger charge is 2.20. The first-order chi connectivity index (χ1) is 12.6. The Balaban J connectivity index is 1.82. The monoisotopic (exact) mass is 347 g/mol. The predicted molar refractivity (Wildman–Crippen MR) is 102 cm³/mol. The summed E-state index contributed by atoms with van der Waals surface area (Å²) in [5.74, 6) is -0.249. The van der Waals surface area contributed by atoms with Gasteiger partial charge in [-0.15, -0.1) is 0 Å². The molecule has 0 fully saturated rings. The SMILES string of the molecule is CC(NC(=O)C(C)n1nc(-c2ccccc2)ccc1=O)c1ccccc1. The van der Waals surface area contributed by atoms with Gasteiger partial charge < -0.3 is 5.32 Å². The fraction of sp³-hybridized carbons (Fsp3) is 0.190. The van der Waals surface area contributed by atoms with Gasteiger partial charge in [-0.2, -0.15) is 5.10 Å². The van der Waals surface area contributed by atoms with Crippen molar-refractivity contribution in [3.63, 3.8) is 0 Å². The zero-order chi connectivity index (χ0) is 18.5. The molecule has 1 amide bonds. The first-order valence-electron chi connectivity index (χ1n) is 8.57. The van der Waals surface area contributed by atoms with E-state index in [0.29, 0.717) is 5.69 Å². The summed E-state index contributed by atoms with van der Waals surface area (Å²) in [5, 5.41) is 7.33. The number of carbonyl (C=O) groups is 1. The van der Waals surface area contributed by atoms with Crippen molar-refractivity contribution in [2.45, 2.75) is 25.9 Å². The zero-order valence-electron chi connectivity index (χ0n) is 14.8. The quantitative estimate of drug-likeness (QED) is 0.770. The van der Waals surface area contributed by atoms with Crippen LogP contribution in [0.5, 0.6) is 0 Å². The molecule has 5 heteroatoms. The van der Waals surface area contributed by atoms with Crippen LogP contribution in [0.3, 0.4) is 0 Å². The van der Waals surface area contributed by atoms with Crippen molar-refractivity contribution in [2.75, 3.05) is 0 Å². The second-order valence-electron chi connectivity index (χ2n) is 6.18. The minimum Gasteiger partial charge on any atom is -0.348 e. The van der Waals surface area contributed by atoms with E-state index in [1.807, 2.05) is 67.6 Å². The number of carbonyl (C=O) groups excluding carboxylic acids is 1. The molecule has 0 saturated carbocycles. The van der Waals surface area contributed by atoms with E-state index in [1.165, 1.54) is 10.7 Å². The molecule has 0 radical (unpaired) electrons. The summed E-state index contributed by atoms with van der Waals surface area (Å²) < 4.78 is 1.23. The molecule has 2 aromatic carbocycles. The van der Waals surface area contributed by atoms with Gasteiger partial charge in [0.15, 0.2) is 0 Å². The second-order valence-corrected chi connectivity index (χ2v) is 6.18. The lowest BCUT2D eigenvalue weighted by Crippen LogP contribution is -2.38. The van der Waals surface area contributed by atoms with E-state index < -0.39 is 6.04 Å². The highest BCUT2D eigenvalue weighted by atomic mass is 16.2. The van der Waals surface area contributed by atoms with Crippen LogP contribution in [-0.4, -0.2) is 15.7 Å². The maximum atomic E-state index is 12.6. The van der Waals surface area contributed by atoms with Crippen molar-refractivity contribution in [1.29, 1.82) is 0 Å². The summed E-state index contributed by atoms with van der Waals surface area (Å²) in [7, 11) is 0. The average molecular weight is 347 g/mol. The van der Waals surface area contributed by atoms with Crippen LogP contribution in [0.2, 0.25) is 0 Å². The molecule has 0 aliphatic carbocycles. The maximum Gasteiger partial charge on any atom is 0.267 e. The Morgan fingerprint density at radius 3 is 2.19 bits per heavy atom. The lowest BCUT2D eigenvalue weighted by Gasteiger charge is -2.19. The van der Waals surface area contributed by atoms with Crippen molar-refractivity contribution in [2.24, 2.45) is 0 Å². The first kappa shape index (κ1) is 17.6. The molecule has 132 valence electrons. The van der Waals surface area contributed by atoms with Gasteiger partial charge in [-0.1, -0.05) is 60.7 Å². The minimum absolute atomic E-state index is 0.154. The van der Waals surface area contributed by atoms with Crippen molar-refractivity contribution in [1.82, 2.24) is 15.1 Å². The molecule has 0 aliphatic rings. The number of hydrogen-bond donors (Lipinski definition) is 1. The lowest BCUT2D eigenvalue weighted by molar-refractivity contribution is -0.124. The third-order valence-corrected chi connectivity index (χ3v) is 4.30. The Hall–Kier alpha value is -3.21. The summed E-state index contributed by atoms with van der Waals surface area (Å²) in [6.45, 7) is 3.59. The molecule has 1 N–H and O–H groups in total. The molecule has 2 atom stereocenters. The lowest BCUT2D eigenvalue weighted by atomic mass is 10.1. The second kappa shape index (κ2) is 7.78. The van der Waals surface area contributed by atoms with Gasteiger partial charge in [0, 0.05) is 11.6 Å². The summed E-state index contributed by atoms with van der Waals surface area (Å²) in [4.78, 5) is 24.8. The molecule has 1 aromatic heterocycles. The van der Waals surface area contributed by atoms with E-state index in [-0.39, 0.29) is 17.5 Å². The van der Waals surface area contributed by atoms with Gasteiger partial charge in [-0.3, -0.25) is 9.59 Å². The van der Waals surface area contributed by atoms with Crippen molar-refractivity contribution < 1.29 is 4.79 Å². The van der Waals surface area contributed by atoms with Gasteiger partial charge >= 0.3 is 0 Å². The molecule has 1 heterocycles. The molecule has 0 bridgehead atoms. The number of rotatable bonds is 5. The summed E-state index contributed by atoms with van der Waals surface area (Å²) in [6.07, 6.45) is 0. The van der Waals surface area contributed by atoms with Gasteiger partial charge in [0.25, 0.3) is 5.56 Å². The molecule has 2 unspecified atom stereocenters. The molecule has 0 aliphatic heterocycles. The number of nitrogens with one attached hydrogen (secondary N) is 1. The van der Waals surface area contributed by atoms with Gasteiger partial charge in [-0.05, 0) is 25.5 Å². The Kier molecular flexibility index (Phi) is 5.27. The van der Waals surface area contributed by atoms with E-state index in [0.717, 1.165) is 11.1 Å². The molecule has 3 aromatic rings. The minimum atomic E-state index is -0.711. The fourth-order valence-corrected chi connectivity index (χ4v) is 2.74. The Morgan fingerprint density at radius 1 is 0.923 bits per heavy atom. The van der Waals surface area contributed by atoms with Gasteiger partial charge in [0.1, 0.15) is 6.04 Å². The van der Waals surface area contributed by atoms with Crippen LogP contribution >= 0.6 is 0 Å². The smallest absolute Gasteiger partial charge is 0.267 e. The number of hydrogen-bond acceptors (Lipinski definition) is 3. The molecule has 3 rings (SSSR count). The third kappa shape index (κ3) is 3.88. The summed E-state index contributed by atoms with van der Waals surface area (Å²) >= 11 is 0. The topological polar surface area (TPSA) is 64.0 Å². The standard InChI is InChI=1S/C21H21N3O2/c1-15(17-9-5-3-6-10-17)22-21(26)16(2)24-20(25)14-13-19(23-24)18-11-7-4-8-12-18/h3-16H,1-2H3,(H,22,26). The Morgan fingerprint density at radius 2 is 1.54 bits per heavy atom. The van der Waals surface area contributed by atoms with E-state index in [9.17, 15) is 9.59 Å². The molecular weight excluding hydrogens is 326 g/mol. The third-order valence-electron chi connectivity index (χ3n) is 4.30. The molecule has 0 spiro atoms. The van der Waals surface area contributed by atoms with Crippen LogP contribution < -0.4 is 10.9 Å². The van der Waals surface area contributed by atoms with Crippen LogP contribution in [0.4, 0.5) is 0 Å². The van der Waals surface area contributed by atoms with Crippen LogP contribution in [0.15, 0.2) is 77.6 Å². The van der Waals surface area contributed by atoms with E-state index in [2.05, 4.69) is 10.4 Å². The molecule has 5 nitrogen and oxygen atoms in total. The first-order valence-corrected chi connectivity index (χ1v) is 8.57. The van der Waals surface area contributed by atoms with Gasteiger partial charge in [0.2, 0.25) is 5.91 Å². The number of benzene rings is 2. The highest BCUT2D eigenvalue weighted by Crippen LogP contribution is 2.16. The van der Waals surface area contributed by atoms with Crippen molar-refractivity contribution >= 4 is 5.91 Å². The number of aromatic nitrogens is 2. The Labute approximate surface area is 152 Å². The molecule has 0 saturated heterocycles. The van der Waals surface area contributed by atoms with Crippen LogP contribution in [-0.2, 0) is 4.79 Å². The van der Waals surface area contributed by atoms with Crippen LogP contribution in [0, 0.1) is 0 Å². The number of nitrogens with zero attached hydrogens (tertiary/aromatic N) is 2. The molecular formula is C21H21N3O2.